The number of para-hydroxylation sites is 1. The fraction of sp³-hybridized carbons (Fsp3) is 0.500. The zero-order valence-electron chi connectivity index (χ0n) is 15.8. The molecule has 2 aliphatic heterocycles. The number of rotatable bonds is 4. The van der Waals surface area contributed by atoms with E-state index in [2.05, 4.69) is 20.5 Å². The molecule has 0 N–H and O–H groups in total. The van der Waals surface area contributed by atoms with Crippen molar-refractivity contribution in [3.63, 3.8) is 0 Å². The lowest BCUT2D eigenvalue weighted by Crippen LogP contribution is -2.45. The van der Waals surface area contributed by atoms with Crippen LogP contribution in [0.15, 0.2) is 30.5 Å². The van der Waals surface area contributed by atoms with Crippen molar-refractivity contribution in [2.75, 3.05) is 53.0 Å². The summed E-state index contributed by atoms with van der Waals surface area (Å²) in [5.41, 5.74) is 2.08. The van der Waals surface area contributed by atoms with Crippen LogP contribution in [0.2, 0.25) is 0 Å². The van der Waals surface area contributed by atoms with Crippen LogP contribution in [0.4, 0.5) is 0 Å². The van der Waals surface area contributed by atoms with Crippen LogP contribution in [0.25, 0.3) is 11.3 Å². The molecule has 2 aliphatic rings. The summed E-state index contributed by atoms with van der Waals surface area (Å²) in [6.45, 7) is 5.73. The van der Waals surface area contributed by atoms with Crippen LogP contribution in [0, 0.1) is 0 Å². The third-order valence-electron chi connectivity index (χ3n) is 5.34. The highest BCUT2D eigenvalue weighted by molar-refractivity contribution is 5.78. The fourth-order valence-corrected chi connectivity index (χ4v) is 3.80. The summed E-state index contributed by atoms with van der Waals surface area (Å²) in [4.78, 5) is 21.5. The summed E-state index contributed by atoms with van der Waals surface area (Å²) in [6, 6.07) is 7.99. The molecule has 144 valence electrons. The molecule has 27 heavy (non-hydrogen) atoms. The van der Waals surface area contributed by atoms with Crippen LogP contribution in [-0.4, -0.2) is 78.3 Å². The van der Waals surface area contributed by atoms with Gasteiger partial charge in [0.15, 0.2) is 0 Å². The molecule has 0 bridgehead atoms. The Balaban J connectivity index is 1.47. The first-order valence-electron chi connectivity index (χ1n) is 9.52. The van der Waals surface area contributed by atoms with Crippen molar-refractivity contribution in [1.29, 1.82) is 0 Å². The first-order valence-corrected chi connectivity index (χ1v) is 9.52. The van der Waals surface area contributed by atoms with Gasteiger partial charge in [-0.25, -0.2) is 4.98 Å². The van der Waals surface area contributed by atoms with Gasteiger partial charge in [0.1, 0.15) is 11.6 Å². The number of morpholine rings is 1. The van der Waals surface area contributed by atoms with E-state index in [1.54, 1.807) is 7.11 Å². The zero-order valence-corrected chi connectivity index (χ0v) is 15.8. The van der Waals surface area contributed by atoms with Gasteiger partial charge in [-0.3, -0.25) is 9.69 Å². The van der Waals surface area contributed by atoms with Crippen LogP contribution in [0.5, 0.6) is 5.75 Å². The molecule has 0 saturated carbocycles. The van der Waals surface area contributed by atoms with Crippen LogP contribution in [0.1, 0.15) is 5.82 Å². The largest absolute Gasteiger partial charge is 0.496 e. The lowest BCUT2D eigenvalue weighted by atomic mass is 10.1. The maximum atomic E-state index is 12.7. The maximum absolute atomic E-state index is 12.7. The van der Waals surface area contributed by atoms with Crippen molar-refractivity contribution in [2.45, 2.75) is 13.0 Å². The first-order chi connectivity index (χ1) is 13.3. The minimum Gasteiger partial charge on any atom is -0.496 e. The van der Waals surface area contributed by atoms with Crippen molar-refractivity contribution < 1.29 is 14.3 Å². The molecule has 1 fully saturated rings. The monoisotopic (exact) mass is 370 g/mol. The summed E-state index contributed by atoms with van der Waals surface area (Å²) in [6.07, 6.45) is 2.68. The smallest absolute Gasteiger partial charge is 0.236 e. The molecule has 4 rings (SSSR count). The second kappa shape index (κ2) is 8.10. The molecule has 7 nitrogen and oxygen atoms in total. The number of hydrogen-bond donors (Lipinski definition) is 0. The van der Waals surface area contributed by atoms with Crippen LogP contribution in [-0.2, 0) is 22.5 Å². The Labute approximate surface area is 159 Å². The molecular formula is C20H26N4O3. The standard InChI is InChI=1S/C20H26N4O3/c1-26-18-5-3-2-4-16(18)17-14-21-19-6-7-23(8-9-24(17)19)20(25)15-22-10-12-27-13-11-22/h2-5,14H,6-13,15H2,1H3. The number of carbonyl (C=O) groups excluding carboxylic acids is 1. The predicted molar refractivity (Wildman–Crippen MR) is 102 cm³/mol. The van der Waals surface area contributed by atoms with Crippen molar-refractivity contribution in [2.24, 2.45) is 0 Å². The number of ether oxygens (including phenoxy) is 2. The van der Waals surface area contributed by atoms with E-state index in [-0.39, 0.29) is 5.91 Å². The molecule has 0 radical (unpaired) electrons. The molecule has 0 spiro atoms. The number of aromatic nitrogens is 2. The van der Waals surface area contributed by atoms with E-state index in [0.29, 0.717) is 32.8 Å². The molecule has 1 aromatic heterocycles. The van der Waals surface area contributed by atoms with E-state index < -0.39 is 0 Å². The maximum Gasteiger partial charge on any atom is 0.236 e. The number of hydrogen-bond acceptors (Lipinski definition) is 5. The first kappa shape index (κ1) is 18.0. The van der Waals surface area contributed by atoms with Crippen molar-refractivity contribution in [3.8, 4) is 17.0 Å². The van der Waals surface area contributed by atoms with E-state index in [1.807, 2.05) is 29.3 Å². The van der Waals surface area contributed by atoms with Crippen molar-refractivity contribution in [1.82, 2.24) is 19.4 Å². The molecule has 0 aliphatic carbocycles. The Morgan fingerprint density at radius 1 is 1.15 bits per heavy atom. The summed E-state index contributed by atoms with van der Waals surface area (Å²) >= 11 is 0. The van der Waals surface area contributed by atoms with Gasteiger partial charge in [-0.1, -0.05) is 12.1 Å². The molecular weight excluding hydrogens is 344 g/mol. The highest BCUT2D eigenvalue weighted by Crippen LogP contribution is 2.31. The van der Waals surface area contributed by atoms with Gasteiger partial charge >= 0.3 is 0 Å². The Hall–Kier alpha value is -2.38. The minimum atomic E-state index is 0.196. The predicted octanol–water partition coefficient (Wildman–Crippen LogP) is 1.28. The van der Waals surface area contributed by atoms with E-state index in [9.17, 15) is 4.79 Å². The Bertz CT molecular complexity index is 798. The zero-order chi connectivity index (χ0) is 18.6. The molecule has 1 saturated heterocycles. The molecule has 1 amide bonds. The quantitative estimate of drug-likeness (QED) is 0.811. The van der Waals surface area contributed by atoms with E-state index >= 15 is 0 Å². The Kier molecular flexibility index (Phi) is 5.40. The Morgan fingerprint density at radius 3 is 2.78 bits per heavy atom. The van der Waals surface area contributed by atoms with Gasteiger partial charge in [-0.05, 0) is 12.1 Å². The number of benzene rings is 1. The van der Waals surface area contributed by atoms with Gasteiger partial charge < -0.3 is 18.9 Å². The van der Waals surface area contributed by atoms with Crippen LogP contribution >= 0.6 is 0 Å². The molecule has 2 aromatic rings. The summed E-state index contributed by atoms with van der Waals surface area (Å²) in [7, 11) is 1.69. The highest BCUT2D eigenvalue weighted by atomic mass is 16.5. The summed E-state index contributed by atoms with van der Waals surface area (Å²) in [5.74, 6) is 2.06. The average Bonchev–Trinajstić information content (AvgIpc) is 2.99. The van der Waals surface area contributed by atoms with Crippen molar-refractivity contribution in [3.05, 3.63) is 36.3 Å². The molecule has 0 unspecified atom stereocenters. The van der Waals surface area contributed by atoms with Gasteiger partial charge in [0, 0.05) is 44.7 Å². The highest BCUT2D eigenvalue weighted by Gasteiger charge is 2.24. The van der Waals surface area contributed by atoms with Crippen LogP contribution in [0.3, 0.4) is 0 Å². The SMILES string of the molecule is COc1ccccc1-c1cnc2n1CCN(C(=O)CN1CCOCC1)CC2. The van der Waals surface area contributed by atoms with E-state index in [0.717, 1.165) is 48.9 Å². The van der Waals surface area contributed by atoms with Crippen molar-refractivity contribution >= 4 is 5.91 Å². The molecule has 7 heteroatoms. The van der Waals surface area contributed by atoms with E-state index in [1.165, 1.54) is 0 Å². The fourth-order valence-electron chi connectivity index (χ4n) is 3.80. The lowest BCUT2D eigenvalue weighted by Gasteiger charge is -2.29. The number of fused-ring (bicyclic) bond motifs is 1. The summed E-state index contributed by atoms with van der Waals surface area (Å²) < 4.78 is 13.1. The number of amides is 1. The second-order valence-corrected chi connectivity index (χ2v) is 6.93. The van der Waals surface area contributed by atoms with Gasteiger partial charge in [-0.15, -0.1) is 0 Å². The average molecular weight is 370 g/mol. The van der Waals surface area contributed by atoms with Gasteiger partial charge in [0.25, 0.3) is 0 Å². The molecule has 3 heterocycles. The molecule has 0 atom stereocenters. The second-order valence-electron chi connectivity index (χ2n) is 6.93. The number of imidazole rings is 1. The minimum absolute atomic E-state index is 0.196. The number of carbonyl (C=O) groups is 1. The number of methoxy groups -OCH3 is 1. The van der Waals surface area contributed by atoms with Gasteiger partial charge in [-0.2, -0.15) is 0 Å². The van der Waals surface area contributed by atoms with Gasteiger partial charge in [0.2, 0.25) is 5.91 Å². The lowest BCUT2D eigenvalue weighted by molar-refractivity contribution is -0.133. The topological polar surface area (TPSA) is 59.8 Å². The normalized spacial score (nSPS) is 18.0. The molecule has 1 aromatic carbocycles. The van der Waals surface area contributed by atoms with Gasteiger partial charge in [0.05, 0.1) is 38.8 Å². The van der Waals surface area contributed by atoms with Crippen LogP contribution < -0.4 is 4.74 Å². The third kappa shape index (κ3) is 3.84. The summed E-state index contributed by atoms with van der Waals surface area (Å²) in [5, 5.41) is 0. The third-order valence-corrected chi connectivity index (χ3v) is 5.34. The number of nitrogens with zero attached hydrogens (tertiary/aromatic N) is 4. The Morgan fingerprint density at radius 2 is 1.96 bits per heavy atom. The van der Waals surface area contributed by atoms with E-state index in [4.69, 9.17) is 9.47 Å².